The zero-order chi connectivity index (χ0) is 16.0. The summed E-state index contributed by atoms with van der Waals surface area (Å²) in [4.78, 5) is 10.6. The fourth-order valence-electron chi connectivity index (χ4n) is 2.63. The van der Waals surface area contributed by atoms with Gasteiger partial charge in [0.1, 0.15) is 5.75 Å². The molecule has 0 amide bonds. The normalized spacial score (nSPS) is 10.6. The maximum Gasteiger partial charge on any atom is 0.409 e. The summed E-state index contributed by atoms with van der Waals surface area (Å²) in [7, 11) is 0. The van der Waals surface area contributed by atoms with Crippen LogP contribution in [0.1, 0.15) is 76.7 Å². The number of hydrogen-bond donors (Lipinski definition) is 0. The van der Waals surface area contributed by atoms with Gasteiger partial charge in [-0.25, -0.2) is 4.79 Å². The molecule has 1 rings (SSSR count). The average molecular weight is 325 g/mol. The van der Waals surface area contributed by atoms with Crippen molar-refractivity contribution < 1.29 is 9.53 Å². The van der Waals surface area contributed by atoms with Crippen molar-refractivity contribution in [3.63, 3.8) is 0 Å². The molecule has 0 saturated carbocycles. The Balaban J connectivity index is 1.99. The van der Waals surface area contributed by atoms with Gasteiger partial charge in [0.2, 0.25) is 0 Å². The lowest BCUT2D eigenvalue weighted by molar-refractivity contribution is 0.225. The Morgan fingerprint density at radius 2 is 1.36 bits per heavy atom. The molecule has 0 heterocycles. The van der Waals surface area contributed by atoms with Crippen molar-refractivity contribution in [1.29, 1.82) is 0 Å². The lowest BCUT2D eigenvalue weighted by Crippen LogP contribution is -1.96. The average Bonchev–Trinajstić information content (AvgIpc) is 2.50. The smallest absolute Gasteiger partial charge is 0.409 e. The van der Waals surface area contributed by atoms with Gasteiger partial charge in [0, 0.05) is 11.6 Å². The topological polar surface area (TPSA) is 26.3 Å². The number of carbonyl (C=O) groups excluding carboxylic acids is 1. The molecule has 0 atom stereocenters. The van der Waals surface area contributed by atoms with E-state index in [1.165, 1.54) is 69.8 Å². The minimum Gasteiger partial charge on any atom is -0.415 e. The van der Waals surface area contributed by atoms with Crippen LogP contribution in [0.4, 0.5) is 4.79 Å². The van der Waals surface area contributed by atoms with Crippen LogP contribution in [0.25, 0.3) is 0 Å². The van der Waals surface area contributed by atoms with Crippen LogP contribution < -0.4 is 4.74 Å². The fourth-order valence-corrected chi connectivity index (χ4v) is 2.72. The fraction of sp³-hybridized carbons (Fsp3) is 0.632. The Hall–Kier alpha value is -1.02. The number of unbranched alkanes of at least 4 members (excludes halogenated alkanes) is 9. The predicted octanol–water partition coefficient (Wildman–Crippen LogP) is 6.89. The van der Waals surface area contributed by atoms with E-state index in [1.807, 2.05) is 12.1 Å². The number of carbonyl (C=O) groups is 1. The van der Waals surface area contributed by atoms with Gasteiger partial charge in [-0.1, -0.05) is 76.8 Å². The maximum atomic E-state index is 10.6. The van der Waals surface area contributed by atoms with E-state index in [0.717, 1.165) is 6.42 Å². The Bertz CT molecular complexity index is 400. The van der Waals surface area contributed by atoms with E-state index in [0.29, 0.717) is 5.75 Å². The van der Waals surface area contributed by atoms with Gasteiger partial charge in [0.25, 0.3) is 0 Å². The molecular formula is C19H29ClO2. The number of benzene rings is 1. The molecule has 3 heteroatoms. The maximum absolute atomic E-state index is 10.6. The zero-order valence-electron chi connectivity index (χ0n) is 13.8. The molecule has 2 nitrogen and oxygen atoms in total. The first kappa shape index (κ1) is 19.0. The molecule has 0 aliphatic rings. The SMILES string of the molecule is CCCCCCCCCCCCc1ccc(OC(=O)Cl)cc1. The molecule has 0 fully saturated rings. The molecule has 0 radical (unpaired) electrons. The quantitative estimate of drug-likeness (QED) is 0.309. The van der Waals surface area contributed by atoms with Crippen LogP contribution in [-0.4, -0.2) is 5.43 Å². The lowest BCUT2D eigenvalue weighted by atomic mass is 10.0. The van der Waals surface area contributed by atoms with Gasteiger partial charge in [-0.05, 0) is 30.5 Å². The van der Waals surface area contributed by atoms with Crippen LogP contribution in [0.5, 0.6) is 5.75 Å². The van der Waals surface area contributed by atoms with Gasteiger partial charge in [0.05, 0.1) is 0 Å². The molecule has 0 aliphatic carbocycles. The van der Waals surface area contributed by atoms with Crippen LogP contribution in [0.2, 0.25) is 0 Å². The Morgan fingerprint density at radius 3 is 1.86 bits per heavy atom. The van der Waals surface area contributed by atoms with Crippen molar-refractivity contribution in [3.05, 3.63) is 29.8 Å². The molecule has 22 heavy (non-hydrogen) atoms. The summed E-state index contributed by atoms with van der Waals surface area (Å²) in [5.41, 5.74) is 0.497. The molecular weight excluding hydrogens is 296 g/mol. The summed E-state index contributed by atoms with van der Waals surface area (Å²) in [6.45, 7) is 2.26. The van der Waals surface area contributed by atoms with Gasteiger partial charge >= 0.3 is 5.43 Å². The standard InChI is InChI=1S/C19H29ClO2/c1-2-3-4-5-6-7-8-9-10-11-12-17-13-15-18(16-14-17)22-19(20)21/h13-16H,2-12H2,1H3. The highest BCUT2D eigenvalue weighted by Crippen LogP contribution is 2.16. The van der Waals surface area contributed by atoms with Crippen molar-refractivity contribution >= 4 is 17.0 Å². The first-order valence-corrected chi connectivity index (χ1v) is 9.06. The summed E-state index contributed by atoms with van der Waals surface area (Å²) < 4.78 is 4.80. The highest BCUT2D eigenvalue weighted by atomic mass is 35.5. The molecule has 0 saturated heterocycles. The van der Waals surface area contributed by atoms with Gasteiger partial charge in [0.15, 0.2) is 0 Å². The lowest BCUT2D eigenvalue weighted by Gasteiger charge is -2.04. The molecule has 0 aromatic heterocycles. The van der Waals surface area contributed by atoms with Gasteiger partial charge in [-0.15, -0.1) is 0 Å². The molecule has 0 aliphatic heterocycles. The first-order chi connectivity index (χ1) is 10.7. The number of hydrogen-bond acceptors (Lipinski definition) is 2. The molecule has 0 bridgehead atoms. The largest absolute Gasteiger partial charge is 0.415 e. The second kappa shape index (κ2) is 12.5. The minimum absolute atomic E-state index is 0.506. The third-order valence-corrected chi connectivity index (χ3v) is 4.02. The molecule has 0 N–H and O–H groups in total. The van der Waals surface area contributed by atoms with E-state index in [4.69, 9.17) is 16.3 Å². The van der Waals surface area contributed by atoms with Crippen molar-refractivity contribution in [3.8, 4) is 5.75 Å². The van der Waals surface area contributed by atoms with Crippen molar-refractivity contribution in [1.82, 2.24) is 0 Å². The van der Waals surface area contributed by atoms with Crippen LogP contribution in [-0.2, 0) is 6.42 Å². The van der Waals surface area contributed by atoms with E-state index in [-0.39, 0.29) is 0 Å². The third-order valence-electron chi connectivity index (χ3n) is 3.94. The minimum atomic E-state index is -0.789. The summed E-state index contributed by atoms with van der Waals surface area (Å²) in [5.74, 6) is 0.506. The summed E-state index contributed by atoms with van der Waals surface area (Å²) in [6, 6.07) is 7.60. The van der Waals surface area contributed by atoms with E-state index < -0.39 is 5.43 Å². The van der Waals surface area contributed by atoms with E-state index in [9.17, 15) is 4.79 Å². The second-order valence-electron chi connectivity index (χ2n) is 5.92. The summed E-state index contributed by atoms with van der Waals surface area (Å²) >= 11 is 5.17. The van der Waals surface area contributed by atoms with Crippen molar-refractivity contribution in [2.45, 2.75) is 77.6 Å². The van der Waals surface area contributed by atoms with Crippen molar-refractivity contribution in [2.75, 3.05) is 0 Å². The summed E-state index contributed by atoms with van der Waals surface area (Å²) in [5, 5.41) is 0. The zero-order valence-corrected chi connectivity index (χ0v) is 14.5. The van der Waals surface area contributed by atoms with Crippen LogP contribution in [0.15, 0.2) is 24.3 Å². The predicted molar refractivity (Wildman–Crippen MR) is 93.9 cm³/mol. The van der Waals surface area contributed by atoms with E-state index in [1.54, 1.807) is 12.1 Å². The van der Waals surface area contributed by atoms with E-state index in [2.05, 4.69) is 6.92 Å². The third kappa shape index (κ3) is 9.83. The molecule has 124 valence electrons. The highest BCUT2D eigenvalue weighted by molar-refractivity contribution is 6.61. The summed E-state index contributed by atoms with van der Waals surface area (Å²) in [6.07, 6.45) is 14.7. The van der Waals surface area contributed by atoms with Gasteiger partial charge < -0.3 is 4.74 Å². The van der Waals surface area contributed by atoms with Gasteiger partial charge in [-0.3, -0.25) is 0 Å². The van der Waals surface area contributed by atoms with Crippen LogP contribution in [0.3, 0.4) is 0 Å². The molecule has 1 aromatic carbocycles. The van der Waals surface area contributed by atoms with Crippen LogP contribution >= 0.6 is 11.6 Å². The first-order valence-electron chi connectivity index (χ1n) is 8.68. The molecule has 1 aromatic rings. The number of ether oxygens (including phenoxy) is 1. The number of aryl methyl sites for hydroxylation is 1. The number of halogens is 1. The Labute approximate surface area is 140 Å². The highest BCUT2D eigenvalue weighted by Gasteiger charge is 2.00. The van der Waals surface area contributed by atoms with Crippen molar-refractivity contribution in [2.24, 2.45) is 0 Å². The van der Waals surface area contributed by atoms with Crippen LogP contribution in [0, 0.1) is 0 Å². The second-order valence-corrected chi connectivity index (χ2v) is 6.22. The molecule has 0 unspecified atom stereocenters. The monoisotopic (exact) mass is 324 g/mol. The van der Waals surface area contributed by atoms with Gasteiger partial charge in [-0.2, -0.15) is 0 Å². The number of rotatable bonds is 12. The van der Waals surface area contributed by atoms with E-state index >= 15 is 0 Å². The molecule has 0 spiro atoms. The Kier molecular flexibility index (Phi) is 10.8. The Morgan fingerprint density at radius 1 is 0.864 bits per heavy atom.